The van der Waals surface area contributed by atoms with Crippen LogP contribution in [0.5, 0.6) is 0 Å². The van der Waals surface area contributed by atoms with Crippen LogP contribution in [0, 0.1) is 0 Å². The maximum Gasteiger partial charge on any atom is 0.113 e. The molecule has 0 atom stereocenters. The molecule has 13 heavy (non-hydrogen) atoms. The number of rotatable bonds is 1. The Kier molecular flexibility index (Phi) is 1.73. The van der Waals surface area contributed by atoms with Gasteiger partial charge in [0.15, 0.2) is 0 Å². The Labute approximate surface area is 76.0 Å². The minimum absolute atomic E-state index is 0.739. The summed E-state index contributed by atoms with van der Waals surface area (Å²) in [6.07, 6.45) is 1.86. The van der Waals surface area contributed by atoms with E-state index < -0.39 is 0 Å². The molecule has 1 aromatic carbocycles. The van der Waals surface area contributed by atoms with Crippen LogP contribution in [-0.4, -0.2) is 15.0 Å². The van der Waals surface area contributed by atoms with Crippen LogP contribution in [0.2, 0.25) is 0 Å². The second-order valence-electron chi connectivity index (χ2n) is 2.90. The van der Waals surface area contributed by atoms with Gasteiger partial charge in [-0.2, -0.15) is 0 Å². The Hall–Kier alpha value is -1.84. The SMILES string of the molecule is Cn1cc(-c2cccc(N)c2)nn1. The van der Waals surface area contributed by atoms with Crippen molar-refractivity contribution in [1.29, 1.82) is 0 Å². The quantitative estimate of drug-likeness (QED) is 0.658. The van der Waals surface area contributed by atoms with E-state index in [9.17, 15) is 0 Å². The van der Waals surface area contributed by atoms with Gasteiger partial charge in [-0.25, -0.2) is 0 Å². The summed E-state index contributed by atoms with van der Waals surface area (Å²) in [5.41, 5.74) is 8.22. The van der Waals surface area contributed by atoms with Gasteiger partial charge >= 0.3 is 0 Å². The predicted molar refractivity (Wildman–Crippen MR) is 50.9 cm³/mol. The summed E-state index contributed by atoms with van der Waals surface area (Å²) >= 11 is 0. The molecule has 0 fully saturated rings. The van der Waals surface area contributed by atoms with Crippen LogP contribution in [0.15, 0.2) is 30.5 Å². The lowest BCUT2D eigenvalue weighted by Crippen LogP contribution is -1.85. The molecular formula is C9H10N4. The van der Waals surface area contributed by atoms with Crippen LogP contribution >= 0.6 is 0 Å². The van der Waals surface area contributed by atoms with Crippen LogP contribution in [0.4, 0.5) is 5.69 Å². The predicted octanol–water partition coefficient (Wildman–Crippen LogP) is 1.06. The Morgan fingerprint density at radius 3 is 2.85 bits per heavy atom. The first-order valence-electron chi connectivity index (χ1n) is 3.98. The minimum Gasteiger partial charge on any atom is -0.399 e. The molecule has 0 radical (unpaired) electrons. The molecule has 0 saturated heterocycles. The third-order valence-corrected chi connectivity index (χ3v) is 1.79. The molecule has 4 nitrogen and oxygen atoms in total. The summed E-state index contributed by atoms with van der Waals surface area (Å²) in [4.78, 5) is 0. The Morgan fingerprint density at radius 2 is 2.23 bits per heavy atom. The van der Waals surface area contributed by atoms with E-state index in [1.165, 1.54) is 0 Å². The molecule has 0 aliphatic carbocycles. The Bertz CT molecular complexity index is 419. The first kappa shape index (κ1) is 7.79. The lowest BCUT2D eigenvalue weighted by Gasteiger charge is -1.96. The van der Waals surface area contributed by atoms with Gasteiger partial charge in [-0.1, -0.05) is 17.3 Å². The second kappa shape index (κ2) is 2.90. The minimum atomic E-state index is 0.739. The summed E-state index contributed by atoms with van der Waals surface area (Å²) < 4.78 is 1.67. The van der Waals surface area contributed by atoms with E-state index in [1.54, 1.807) is 4.68 Å². The molecule has 1 aromatic heterocycles. The van der Waals surface area contributed by atoms with Crippen LogP contribution in [0.1, 0.15) is 0 Å². The number of nitrogens with zero attached hydrogens (tertiary/aromatic N) is 3. The third kappa shape index (κ3) is 1.51. The van der Waals surface area contributed by atoms with Crippen molar-refractivity contribution in [2.75, 3.05) is 5.73 Å². The zero-order valence-corrected chi connectivity index (χ0v) is 7.31. The van der Waals surface area contributed by atoms with Gasteiger partial charge in [-0.05, 0) is 12.1 Å². The number of hydrogen-bond acceptors (Lipinski definition) is 3. The first-order chi connectivity index (χ1) is 6.25. The van der Waals surface area contributed by atoms with E-state index >= 15 is 0 Å². The zero-order valence-electron chi connectivity index (χ0n) is 7.31. The third-order valence-electron chi connectivity index (χ3n) is 1.79. The fourth-order valence-electron chi connectivity index (χ4n) is 1.18. The number of benzene rings is 1. The number of anilines is 1. The molecule has 2 aromatic rings. The van der Waals surface area contributed by atoms with Crippen molar-refractivity contribution >= 4 is 5.69 Å². The van der Waals surface area contributed by atoms with Crippen LogP contribution in [-0.2, 0) is 7.05 Å². The van der Waals surface area contributed by atoms with E-state index in [2.05, 4.69) is 10.3 Å². The van der Waals surface area contributed by atoms with Crippen LogP contribution in [0.25, 0.3) is 11.3 Å². The van der Waals surface area contributed by atoms with Gasteiger partial charge in [-0.3, -0.25) is 4.68 Å². The van der Waals surface area contributed by atoms with Gasteiger partial charge in [0.05, 0.1) is 6.20 Å². The standard InChI is InChI=1S/C9H10N4/c1-13-6-9(11-12-13)7-3-2-4-8(10)5-7/h2-6H,10H2,1H3. The van der Waals surface area contributed by atoms with Crippen molar-refractivity contribution in [2.45, 2.75) is 0 Å². The Balaban J connectivity index is 2.46. The van der Waals surface area contributed by atoms with E-state index in [1.807, 2.05) is 37.5 Å². The van der Waals surface area contributed by atoms with Crippen molar-refractivity contribution in [3.8, 4) is 11.3 Å². The van der Waals surface area contributed by atoms with Gasteiger partial charge in [-0.15, -0.1) is 5.10 Å². The molecular weight excluding hydrogens is 164 g/mol. The van der Waals surface area contributed by atoms with E-state index in [0.717, 1.165) is 16.9 Å². The first-order valence-corrected chi connectivity index (χ1v) is 3.98. The van der Waals surface area contributed by atoms with Crippen LogP contribution in [0.3, 0.4) is 0 Å². The van der Waals surface area contributed by atoms with Crippen molar-refractivity contribution in [3.63, 3.8) is 0 Å². The summed E-state index contributed by atoms with van der Waals surface area (Å²) in [5.74, 6) is 0. The van der Waals surface area contributed by atoms with Gasteiger partial charge < -0.3 is 5.73 Å². The molecule has 66 valence electrons. The van der Waals surface area contributed by atoms with Crippen molar-refractivity contribution in [1.82, 2.24) is 15.0 Å². The highest BCUT2D eigenvalue weighted by Crippen LogP contribution is 2.17. The lowest BCUT2D eigenvalue weighted by atomic mass is 10.1. The molecule has 0 saturated carbocycles. The van der Waals surface area contributed by atoms with E-state index in [0.29, 0.717) is 0 Å². The fourth-order valence-corrected chi connectivity index (χ4v) is 1.18. The maximum absolute atomic E-state index is 5.65. The highest BCUT2D eigenvalue weighted by molar-refractivity contribution is 5.62. The number of nitrogens with two attached hydrogens (primary N) is 1. The molecule has 0 spiro atoms. The van der Waals surface area contributed by atoms with E-state index in [-0.39, 0.29) is 0 Å². The molecule has 2 N–H and O–H groups in total. The summed E-state index contributed by atoms with van der Waals surface area (Å²) in [6.45, 7) is 0. The highest BCUT2D eigenvalue weighted by Gasteiger charge is 2.01. The average Bonchev–Trinajstić information content (AvgIpc) is 2.52. The van der Waals surface area contributed by atoms with Crippen molar-refractivity contribution in [2.24, 2.45) is 7.05 Å². The molecule has 4 heteroatoms. The second-order valence-corrected chi connectivity index (χ2v) is 2.90. The van der Waals surface area contributed by atoms with E-state index in [4.69, 9.17) is 5.73 Å². The number of hydrogen-bond donors (Lipinski definition) is 1. The maximum atomic E-state index is 5.65. The van der Waals surface area contributed by atoms with Gasteiger partial charge in [0.25, 0.3) is 0 Å². The molecule has 0 aliphatic rings. The van der Waals surface area contributed by atoms with Gasteiger partial charge in [0, 0.05) is 18.3 Å². The normalized spacial score (nSPS) is 10.2. The monoisotopic (exact) mass is 174 g/mol. The number of nitrogen functional groups attached to an aromatic ring is 1. The largest absolute Gasteiger partial charge is 0.399 e. The fraction of sp³-hybridized carbons (Fsp3) is 0.111. The summed E-state index contributed by atoms with van der Waals surface area (Å²) in [6, 6.07) is 7.59. The molecule has 0 aliphatic heterocycles. The average molecular weight is 174 g/mol. The number of aromatic nitrogens is 3. The van der Waals surface area contributed by atoms with Gasteiger partial charge in [0.2, 0.25) is 0 Å². The highest BCUT2D eigenvalue weighted by atomic mass is 15.4. The lowest BCUT2D eigenvalue weighted by molar-refractivity contribution is 0.715. The topological polar surface area (TPSA) is 56.7 Å². The van der Waals surface area contributed by atoms with Crippen molar-refractivity contribution in [3.05, 3.63) is 30.5 Å². The van der Waals surface area contributed by atoms with Gasteiger partial charge in [0.1, 0.15) is 5.69 Å². The zero-order chi connectivity index (χ0) is 9.26. The Morgan fingerprint density at radius 1 is 1.38 bits per heavy atom. The summed E-state index contributed by atoms with van der Waals surface area (Å²) in [5, 5.41) is 7.83. The molecule has 1 heterocycles. The van der Waals surface area contributed by atoms with Crippen LogP contribution < -0.4 is 5.73 Å². The smallest absolute Gasteiger partial charge is 0.113 e. The molecule has 2 rings (SSSR count). The molecule has 0 unspecified atom stereocenters. The molecule has 0 bridgehead atoms. The number of aryl methyl sites for hydroxylation is 1. The van der Waals surface area contributed by atoms with Crippen molar-refractivity contribution < 1.29 is 0 Å². The molecule has 0 amide bonds. The summed E-state index contributed by atoms with van der Waals surface area (Å²) in [7, 11) is 1.84.